The molecule has 0 aromatic carbocycles. The molecule has 0 aliphatic carbocycles. The number of carbonyl (C=O) groups is 1. The van der Waals surface area contributed by atoms with E-state index in [1.807, 2.05) is 32.2 Å². The topological polar surface area (TPSA) is 87.1 Å². The number of anilines is 1. The minimum absolute atomic E-state index is 0.0714. The van der Waals surface area contributed by atoms with Gasteiger partial charge >= 0.3 is 0 Å². The molecule has 0 fully saturated rings. The highest BCUT2D eigenvalue weighted by Gasteiger charge is 2.19. The molecule has 0 bridgehead atoms. The number of aromatic nitrogens is 2. The van der Waals surface area contributed by atoms with Crippen LogP contribution in [0, 0.1) is 0 Å². The van der Waals surface area contributed by atoms with Gasteiger partial charge in [-0.15, -0.1) is 0 Å². The third-order valence-corrected chi connectivity index (χ3v) is 4.19. The fraction of sp³-hybridized carbons (Fsp3) is 0.278. The maximum atomic E-state index is 10.5. The Morgan fingerprint density at radius 2 is 2.08 bits per heavy atom. The lowest BCUT2D eigenvalue weighted by Gasteiger charge is -2.25. The molecule has 0 spiro atoms. The fourth-order valence-corrected chi connectivity index (χ4v) is 2.78. The van der Waals surface area contributed by atoms with Crippen LogP contribution in [0.2, 0.25) is 0 Å². The van der Waals surface area contributed by atoms with E-state index in [4.69, 9.17) is 0 Å². The Morgan fingerprint density at radius 1 is 1.33 bits per heavy atom. The SMILES string of the molecule is CCC(O)C1C=C(C)C(c2cc3cnc(NC=O)cc3cn2)=CN1. The molecule has 0 radical (unpaired) electrons. The van der Waals surface area contributed by atoms with Crippen LogP contribution in [-0.4, -0.2) is 33.6 Å². The number of carbonyl (C=O) groups excluding carboxylic acids is 1. The van der Waals surface area contributed by atoms with Gasteiger partial charge in [0.05, 0.1) is 17.8 Å². The number of rotatable bonds is 5. The number of amides is 1. The maximum Gasteiger partial charge on any atom is 0.212 e. The van der Waals surface area contributed by atoms with Crippen molar-refractivity contribution in [2.24, 2.45) is 0 Å². The summed E-state index contributed by atoms with van der Waals surface area (Å²) >= 11 is 0. The largest absolute Gasteiger partial charge is 0.391 e. The molecular weight excluding hydrogens is 304 g/mol. The molecule has 2 aromatic heterocycles. The summed E-state index contributed by atoms with van der Waals surface area (Å²) in [5, 5.41) is 17.6. The lowest BCUT2D eigenvalue weighted by molar-refractivity contribution is -0.105. The van der Waals surface area contributed by atoms with Crippen molar-refractivity contribution in [2.75, 3.05) is 5.32 Å². The Kier molecular flexibility index (Phi) is 4.57. The van der Waals surface area contributed by atoms with Crippen molar-refractivity contribution in [3.63, 3.8) is 0 Å². The summed E-state index contributed by atoms with van der Waals surface area (Å²) in [7, 11) is 0. The third kappa shape index (κ3) is 3.14. The molecule has 6 heteroatoms. The highest BCUT2D eigenvalue weighted by molar-refractivity contribution is 5.89. The molecule has 6 nitrogen and oxygen atoms in total. The molecule has 2 aromatic rings. The summed E-state index contributed by atoms with van der Waals surface area (Å²) in [4.78, 5) is 19.2. The first-order valence-electron chi connectivity index (χ1n) is 7.91. The maximum absolute atomic E-state index is 10.5. The predicted octanol–water partition coefficient (Wildman–Crippen LogP) is 2.23. The van der Waals surface area contributed by atoms with Gasteiger partial charge in [-0.25, -0.2) is 4.98 Å². The van der Waals surface area contributed by atoms with E-state index in [1.165, 1.54) is 0 Å². The lowest BCUT2D eigenvalue weighted by Crippen LogP contribution is -2.37. The molecule has 1 amide bonds. The van der Waals surface area contributed by atoms with Crippen LogP contribution < -0.4 is 10.6 Å². The summed E-state index contributed by atoms with van der Waals surface area (Å²) in [6.07, 6.45) is 8.31. The Hall–Kier alpha value is -2.73. The van der Waals surface area contributed by atoms with Crippen molar-refractivity contribution in [1.29, 1.82) is 0 Å². The van der Waals surface area contributed by atoms with Crippen LogP contribution in [0.25, 0.3) is 16.3 Å². The van der Waals surface area contributed by atoms with E-state index in [0.29, 0.717) is 18.6 Å². The van der Waals surface area contributed by atoms with Crippen molar-refractivity contribution >= 4 is 28.6 Å². The highest BCUT2D eigenvalue weighted by atomic mass is 16.3. The predicted molar refractivity (Wildman–Crippen MR) is 94.2 cm³/mol. The number of hydrogen-bond acceptors (Lipinski definition) is 5. The minimum Gasteiger partial charge on any atom is -0.391 e. The normalized spacial score (nSPS) is 18.4. The van der Waals surface area contributed by atoms with Crippen molar-refractivity contribution in [3.8, 4) is 0 Å². The monoisotopic (exact) mass is 324 g/mol. The van der Waals surface area contributed by atoms with Gasteiger partial charge in [0.15, 0.2) is 0 Å². The van der Waals surface area contributed by atoms with E-state index in [-0.39, 0.29) is 6.04 Å². The van der Waals surface area contributed by atoms with E-state index in [2.05, 4.69) is 20.6 Å². The van der Waals surface area contributed by atoms with E-state index in [1.54, 1.807) is 18.5 Å². The lowest BCUT2D eigenvalue weighted by atomic mass is 9.95. The first-order chi connectivity index (χ1) is 11.6. The Balaban J connectivity index is 1.90. The molecule has 3 N–H and O–H groups in total. The average Bonchev–Trinajstić information content (AvgIpc) is 2.61. The van der Waals surface area contributed by atoms with Gasteiger partial charge < -0.3 is 15.7 Å². The van der Waals surface area contributed by atoms with Crippen LogP contribution in [0.3, 0.4) is 0 Å². The van der Waals surface area contributed by atoms with Gasteiger partial charge in [-0.1, -0.05) is 13.0 Å². The van der Waals surface area contributed by atoms with E-state index < -0.39 is 6.10 Å². The van der Waals surface area contributed by atoms with Crippen molar-refractivity contribution < 1.29 is 9.90 Å². The van der Waals surface area contributed by atoms with Gasteiger partial charge in [0.25, 0.3) is 0 Å². The Bertz CT molecular complexity index is 829. The van der Waals surface area contributed by atoms with Gasteiger partial charge in [-0.3, -0.25) is 9.78 Å². The van der Waals surface area contributed by atoms with Crippen LogP contribution in [0.5, 0.6) is 0 Å². The fourth-order valence-electron chi connectivity index (χ4n) is 2.78. The number of hydrogen-bond donors (Lipinski definition) is 3. The van der Waals surface area contributed by atoms with Gasteiger partial charge in [0.1, 0.15) is 5.82 Å². The van der Waals surface area contributed by atoms with Crippen LogP contribution in [0.15, 0.2) is 42.4 Å². The summed E-state index contributed by atoms with van der Waals surface area (Å²) in [6.45, 7) is 3.98. The number of aliphatic hydroxyl groups excluding tert-OH is 1. The molecule has 3 rings (SSSR count). The second-order valence-electron chi connectivity index (χ2n) is 5.82. The Morgan fingerprint density at radius 3 is 2.79 bits per heavy atom. The highest BCUT2D eigenvalue weighted by Crippen LogP contribution is 2.27. The van der Waals surface area contributed by atoms with Gasteiger partial charge in [0, 0.05) is 34.9 Å². The standard InChI is InChI=1S/C18H20N4O2/c1-3-17(24)16-4-11(2)14(9-20-16)15-5-12-8-21-18(22-10-23)6-13(12)7-19-15/h4-10,16-17,20,24H,3H2,1-2H3,(H,21,22,23). The number of nitrogens with zero attached hydrogens (tertiary/aromatic N) is 2. The molecule has 3 heterocycles. The molecule has 1 aliphatic rings. The molecule has 0 saturated carbocycles. The molecule has 2 atom stereocenters. The molecular formula is C18H20N4O2. The minimum atomic E-state index is -0.407. The van der Waals surface area contributed by atoms with Gasteiger partial charge in [-0.05, 0) is 31.1 Å². The number of fused-ring (bicyclic) bond motifs is 1. The van der Waals surface area contributed by atoms with Crippen molar-refractivity contribution in [3.05, 3.63) is 48.1 Å². The van der Waals surface area contributed by atoms with E-state index in [0.717, 1.165) is 27.6 Å². The summed E-state index contributed by atoms with van der Waals surface area (Å²) in [5.74, 6) is 0.498. The smallest absolute Gasteiger partial charge is 0.212 e. The van der Waals surface area contributed by atoms with Crippen LogP contribution >= 0.6 is 0 Å². The van der Waals surface area contributed by atoms with Crippen molar-refractivity contribution in [2.45, 2.75) is 32.4 Å². The second kappa shape index (κ2) is 6.80. The molecule has 2 unspecified atom stereocenters. The number of aliphatic hydroxyl groups is 1. The molecule has 24 heavy (non-hydrogen) atoms. The summed E-state index contributed by atoms with van der Waals surface area (Å²) in [6, 6.07) is 3.68. The van der Waals surface area contributed by atoms with E-state index >= 15 is 0 Å². The number of nitrogens with one attached hydrogen (secondary N) is 2. The number of allylic oxidation sites excluding steroid dienone is 2. The average molecular weight is 324 g/mol. The molecule has 124 valence electrons. The molecule has 0 saturated heterocycles. The first-order valence-corrected chi connectivity index (χ1v) is 7.91. The van der Waals surface area contributed by atoms with Crippen molar-refractivity contribution in [1.82, 2.24) is 15.3 Å². The molecule has 1 aliphatic heterocycles. The van der Waals surface area contributed by atoms with Gasteiger partial charge in [0.2, 0.25) is 6.41 Å². The first kappa shape index (κ1) is 16.1. The van der Waals surface area contributed by atoms with Crippen LogP contribution in [-0.2, 0) is 4.79 Å². The Labute approximate surface area is 140 Å². The quantitative estimate of drug-likeness (QED) is 0.734. The zero-order chi connectivity index (χ0) is 17.1. The van der Waals surface area contributed by atoms with Crippen LogP contribution in [0.1, 0.15) is 26.0 Å². The van der Waals surface area contributed by atoms with Crippen LogP contribution in [0.4, 0.5) is 5.82 Å². The zero-order valence-corrected chi connectivity index (χ0v) is 13.7. The second-order valence-corrected chi connectivity index (χ2v) is 5.82. The van der Waals surface area contributed by atoms with E-state index in [9.17, 15) is 9.90 Å². The number of dihydropyridines is 1. The van der Waals surface area contributed by atoms with Gasteiger partial charge in [-0.2, -0.15) is 0 Å². The zero-order valence-electron chi connectivity index (χ0n) is 13.7. The summed E-state index contributed by atoms with van der Waals surface area (Å²) < 4.78 is 0. The number of pyridine rings is 2. The summed E-state index contributed by atoms with van der Waals surface area (Å²) in [5.41, 5.74) is 2.91. The third-order valence-electron chi connectivity index (χ3n) is 4.19.